The first kappa shape index (κ1) is 21.3. The van der Waals surface area contributed by atoms with Gasteiger partial charge in [-0.2, -0.15) is 0 Å². The molecule has 0 saturated carbocycles. The molecule has 8 heteroatoms. The predicted octanol–water partition coefficient (Wildman–Crippen LogP) is 3.27. The first-order valence-corrected chi connectivity index (χ1v) is 9.76. The van der Waals surface area contributed by atoms with Gasteiger partial charge in [0.1, 0.15) is 0 Å². The molecule has 156 valence electrons. The number of carbonyl (C=O) groups excluding carboxylic acids is 2. The van der Waals surface area contributed by atoms with Gasteiger partial charge in [-0.3, -0.25) is 0 Å². The van der Waals surface area contributed by atoms with E-state index in [0.717, 1.165) is 0 Å². The van der Waals surface area contributed by atoms with Crippen LogP contribution in [0.1, 0.15) is 35.8 Å². The molecule has 0 spiro atoms. The van der Waals surface area contributed by atoms with Gasteiger partial charge in [0.15, 0.2) is 16.6 Å². The fourth-order valence-electron chi connectivity index (χ4n) is 3.10. The standard InChI is InChI=1S/C22H22N2O5S/c1-4-28-21(26)18-13(2)23-22(30)24-19(18)15-10-11-16(17(12-15)27-3)29-20(25)14-8-6-5-7-9-14/h5-12,19H,4H2,1-3H3,(H2,23,24,30). The van der Waals surface area contributed by atoms with Crippen molar-refractivity contribution in [3.63, 3.8) is 0 Å². The summed E-state index contributed by atoms with van der Waals surface area (Å²) in [6.07, 6.45) is 0. The number of thiocarbonyl (C=S) groups is 1. The Balaban J connectivity index is 1.92. The van der Waals surface area contributed by atoms with E-state index in [1.54, 1.807) is 56.3 Å². The third kappa shape index (κ3) is 4.60. The van der Waals surface area contributed by atoms with Crippen molar-refractivity contribution >= 4 is 29.3 Å². The van der Waals surface area contributed by atoms with Crippen molar-refractivity contribution in [2.45, 2.75) is 19.9 Å². The van der Waals surface area contributed by atoms with Gasteiger partial charge in [-0.1, -0.05) is 24.3 Å². The SMILES string of the molecule is CCOC(=O)C1=C(C)NC(=S)NC1c1ccc(OC(=O)c2ccccc2)c(OC)c1. The summed E-state index contributed by atoms with van der Waals surface area (Å²) in [7, 11) is 1.48. The summed E-state index contributed by atoms with van der Waals surface area (Å²) < 4.78 is 16.1. The molecule has 1 unspecified atom stereocenters. The first-order chi connectivity index (χ1) is 14.4. The van der Waals surface area contributed by atoms with Crippen molar-refractivity contribution in [1.29, 1.82) is 0 Å². The zero-order valence-electron chi connectivity index (χ0n) is 16.9. The fourth-order valence-corrected chi connectivity index (χ4v) is 3.38. The molecule has 1 aliphatic heterocycles. The van der Waals surface area contributed by atoms with E-state index in [4.69, 9.17) is 26.4 Å². The van der Waals surface area contributed by atoms with E-state index in [9.17, 15) is 9.59 Å². The zero-order chi connectivity index (χ0) is 21.7. The maximum Gasteiger partial charge on any atom is 0.343 e. The molecular weight excluding hydrogens is 404 g/mol. The third-order valence-corrected chi connectivity index (χ3v) is 4.72. The highest BCUT2D eigenvalue weighted by molar-refractivity contribution is 7.80. The Bertz CT molecular complexity index is 1000. The van der Waals surface area contributed by atoms with Crippen LogP contribution in [0.2, 0.25) is 0 Å². The zero-order valence-corrected chi connectivity index (χ0v) is 17.7. The van der Waals surface area contributed by atoms with Crippen LogP contribution in [0.15, 0.2) is 59.8 Å². The van der Waals surface area contributed by atoms with Crippen LogP contribution in [-0.2, 0) is 9.53 Å². The van der Waals surface area contributed by atoms with Gasteiger partial charge in [0.25, 0.3) is 0 Å². The Morgan fingerprint density at radius 2 is 1.80 bits per heavy atom. The van der Waals surface area contributed by atoms with Gasteiger partial charge >= 0.3 is 11.9 Å². The first-order valence-electron chi connectivity index (χ1n) is 9.35. The number of hydrogen-bond acceptors (Lipinski definition) is 6. The van der Waals surface area contributed by atoms with Gasteiger partial charge in [-0.05, 0) is 55.9 Å². The molecule has 2 N–H and O–H groups in total. The summed E-state index contributed by atoms with van der Waals surface area (Å²) in [5, 5.41) is 6.43. The van der Waals surface area contributed by atoms with Gasteiger partial charge in [0.05, 0.1) is 30.9 Å². The van der Waals surface area contributed by atoms with Gasteiger partial charge in [-0.25, -0.2) is 9.59 Å². The van der Waals surface area contributed by atoms with Gasteiger partial charge in [0, 0.05) is 5.70 Å². The molecule has 1 aliphatic rings. The number of benzene rings is 2. The molecule has 1 heterocycles. The highest BCUT2D eigenvalue weighted by atomic mass is 32.1. The highest BCUT2D eigenvalue weighted by Crippen LogP contribution is 2.35. The van der Waals surface area contributed by atoms with E-state index in [1.165, 1.54) is 7.11 Å². The quantitative estimate of drug-likeness (QED) is 0.414. The van der Waals surface area contributed by atoms with E-state index in [0.29, 0.717) is 33.3 Å². The smallest absolute Gasteiger partial charge is 0.343 e. The monoisotopic (exact) mass is 426 g/mol. The van der Waals surface area contributed by atoms with Crippen LogP contribution < -0.4 is 20.1 Å². The second-order valence-corrected chi connectivity index (χ2v) is 6.86. The lowest BCUT2D eigenvalue weighted by atomic mass is 9.95. The Morgan fingerprint density at radius 1 is 1.07 bits per heavy atom. The van der Waals surface area contributed by atoms with Crippen LogP contribution in [0.4, 0.5) is 0 Å². The molecule has 0 fully saturated rings. The van der Waals surface area contributed by atoms with Crippen molar-refractivity contribution in [2.24, 2.45) is 0 Å². The second-order valence-electron chi connectivity index (χ2n) is 6.46. The van der Waals surface area contributed by atoms with Crippen molar-refractivity contribution in [3.8, 4) is 11.5 Å². The van der Waals surface area contributed by atoms with Crippen LogP contribution in [0, 0.1) is 0 Å². The fraction of sp³-hybridized carbons (Fsp3) is 0.227. The minimum absolute atomic E-state index is 0.254. The van der Waals surface area contributed by atoms with Gasteiger partial charge in [-0.15, -0.1) is 0 Å². The number of carbonyl (C=O) groups is 2. The van der Waals surface area contributed by atoms with Crippen molar-refractivity contribution < 1.29 is 23.8 Å². The van der Waals surface area contributed by atoms with E-state index in [1.807, 2.05) is 6.07 Å². The van der Waals surface area contributed by atoms with Crippen molar-refractivity contribution in [2.75, 3.05) is 13.7 Å². The van der Waals surface area contributed by atoms with Gasteiger partial charge < -0.3 is 24.8 Å². The summed E-state index contributed by atoms with van der Waals surface area (Å²) in [4.78, 5) is 24.9. The topological polar surface area (TPSA) is 85.9 Å². The molecule has 0 aliphatic carbocycles. The Kier molecular flexibility index (Phi) is 6.68. The lowest BCUT2D eigenvalue weighted by Crippen LogP contribution is -2.45. The van der Waals surface area contributed by atoms with Crippen LogP contribution in [0.3, 0.4) is 0 Å². The lowest BCUT2D eigenvalue weighted by molar-refractivity contribution is -0.139. The Morgan fingerprint density at radius 3 is 2.47 bits per heavy atom. The molecule has 2 aromatic carbocycles. The Labute approximate surface area is 180 Å². The summed E-state index contributed by atoms with van der Waals surface area (Å²) in [5.74, 6) is -0.319. The van der Waals surface area contributed by atoms with Crippen molar-refractivity contribution in [1.82, 2.24) is 10.6 Å². The minimum Gasteiger partial charge on any atom is -0.493 e. The molecular formula is C22H22N2O5S. The molecule has 3 rings (SSSR count). The molecule has 0 radical (unpaired) electrons. The molecule has 0 amide bonds. The molecule has 30 heavy (non-hydrogen) atoms. The number of ether oxygens (including phenoxy) is 3. The number of allylic oxidation sites excluding steroid dienone is 1. The molecule has 7 nitrogen and oxygen atoms in total. The number of rotatable bonds is 6. The molecule has 0 saturated heterocycles. The number of nitrogens with one attached hydrogen (secondary N) is 2. The van der Waals surface area contributed by atoms with Crippen LogP contribution in [0.25, 0.3) is 0 Å². The predicted molar refractivity (Wildman–Crippen MR) is 115 cm³/mol. The van der Waals surface area contributed by atoms with Gasteiger partial charge in [0.2, 0.25) is 0 Å². The second kappa shape index (κ2) is 9.41. The molecule has 0 aromatic heterocycles. The largest absolute Gasteiger partial charge is 0.493 e. The molecule has 0 bridgehead atoms. The van der Waals surface area contributed by atoms with E-state index < -0.39 is 18.0 Å². The van der Waals surface area contributed by atoms with E-state index in [-0.39, 0.29) is 12.4 Å². The van der Waals surface area contributed by atoms with Crippen LogP contribution in [-0.4, -0.2) is 30.8 Å². The normalized spacial score (nSPS) is 15.7. The highest BCUT2D eigenvalue weighted by Gasteiger charge is 2.31. The number of hydrogen-bond donors (Lipinski definition) is 2. The van der Waals surface area contributed by atoms with Crippen molar-refractivity contribution in [3.05, 3.63) is 70.9 Å². The number of methoxy groups -OCH3 is 1. The minimum atomic E-state index is -0.537. The molecule has 2 aromatic rings. The summed E-state index contributed by atoms with van der Waals surface area (Å²) in [5.41, 5.74) is 2.16. The van der Waals surface area contributed by atoms with E-state index >= 15 is 0 Å². The maximum absolute atomic E-state index is 12.5. The molecule has 1 atom stereocenters. The average Bonchev–Trinajstić information content (AvgIpc) is 2.74. The van der Waals surface area contributed by atoms with E-state index in [2.05, 4.69) is 10.6 Å². The average molecular weight is 426 g/mol. The summed E-state index contributed by atoms with van der Waals surface area (Å²) in [6.45, 7) is 3.76. The summed E-state index contributed by atoms with van der Waals surface area (Å²) in [6, 6.07) is 13.2. The van der Waals surface area contributed by atoms with Crippen LogP contribution >= 0.6 is 12.2 Å². The summed E-state index contributed by atoms with van der Waals surface area (Å²) >= 11 is 5.25. The van der Waals surface area contributed by atoms with Crippen LogP contribution in [0.5, 0.6) is 11.5 Å². The third-order valence-electron chi connectivity index (χ3n) is 4.50. The number of esters is 2. The Hall–Kier alpha value is -3.39. The lowest BCUT2D eigenvalue weighted by Gasteiger charge is -2.30. The maximum atomic E-state index is 12.5.